The van der Waals surface area contributed by atoms with Gasteiger partial charge in [0.1, 0.15) is 5.60 Å². The largest absolute Gasteiger partial charge is 0.344 e. The molecule has 0 aromatic carbocycles. The Labute approximate surface area is 86.3 Å². The number of hydrogen-bond acceptors (Lipinski definition) is 2. The van der Waals surface area contributed by atoms with E-state index in [1.54, 1.807) is 0 Å². The van der Waals surface area contributed by atoms with E-state index in [0.717, 1.165) is 19.3 Å². The summed E-state index contributed by atoms with van der Waals surface area (Å²) >= 11 is 0. The van der Waals surface area contributed by atoms with Gasteiger partial charge in [-0.25, -0.2) is 0 Å². The molecular formula is C12H20O2. The van der Waals surface area contributed by atoms with Gasteiger partial charge in [0.15, 0.2) is 5.79 Å². The van der Waals surface area contributed by atoms with Gasteiger partial charge in [-0.2, -0.15) is 0 Å². The minimum Gasteiger partial charge on any atom is -0.344 e. The topological polar surface area (TPSA) is 18.5 Å². The average Bonchev–Trinajstić information content (AvgIpc) is 2.35. The zero-order valence-electron chi connectivity index (χ0n) is 9.21. The van der Waals surface area contributed by atoms with E-state index in [-0.39, 0.29) is 11.7 Å². The van der Waals surface area contributed by atoms with Crippen LogP contribution in [0.2, 0.25) is 0 Å². The van der Waals surface area contributed by atoms with E-state index >= 15 is 0 Å². The molecule has 2 fully saturated rings. The molecular weight excluding hydrogens is 176 g/mol. The van der Waals surface area contributed by atoms with Crippen LogP contribution in [0.25, 0.3) is 0 Å². The van der Waals surface area contributed by atoms with Crippen molar-refractivity contribution in [2.45, 2.75) is 63.4 Å². The maximum Gasteiger partial charge on any atom is 0.164 e. The van der Waals surface area contributed by atoms with Gasteiger partial charge in [-0.3, -0.25) is 0 Å². The Hall–Kier alpha value is -0.340. The molecule has 2 nitrogen and oxygen atoms in total. The molecule has 14 heavy (non-hydrogen) atoms. The first-order chi connectivity index (χ1) is 6.58. The number of hydrogen-bond donors (Lipinski definition) is 0. The summed E-state index contributed by atoms with van der Waals surface area (Å²) in [6.45, 7) is 7.84. The van der Waals surface area contributed by atoms with Crippen molar-refractivity contribution in [1.29, 1.82) is 0 Å². The van der Waals surface area contributed by atoms with Gasteiger partial charge in [0.05, 0.1) is 6.10 Å². The first-order valence-corrected chi connectivity index (χ1v) is 5.57. The highest BCUT2D eigenvalue weighted by atomic mass is 16.8. The van der Waals surface area contributed by atoms with Crippen LogP contribution in [0.5, 0.6) is 0 Å². The van der Waals surface area contributed by atoms with Crippen LogP contribution in [0.1, 0.15) is 46.0 Å². The van der Waals surface area contributed by atoms with Gasteiger partial charge < -0.3 is 9.47 Å². The standard InChI is InChI=1S/C12H20O2/c1-4-8-12-9-6-5-7-10(12)13-11(2,3)14-12/h4,10H,1,5-9H2,2-3H3/t10-,12+/m1/s1. The zero-order chi connectivity index (χ0) is 10.2. The van der Waals surface area contributed by atoms with Crippen LogP contribution in [0.15, 0.2) is 12.7 Å². The number of rotatable bonds is 2. The summed E-state index contributed by atoms with van der Waals surface area (Å²) in [4.78, 5) is 0. The van der Waals surface area contributed by atoms with Gasteiger partial charge in [-0.15, -0.1) is 6.58 Å². The Kier molecular flexibility index (Phi) is 2.44. The van der Waals surface area contributed by atoms with Crippen molar-refractivity contribution < 1.29 is 9.47 Å². The zero-order valence-corrected chi connectivity index (χ0v) is 9.21. The van der Waals surface area contributed by atoms with Crippen LogP contribution >= 0.6 is 0 Å². The first-order valence-electron chi connectivity index (χ1n) is 5.57. The first kappa shape index (κ1) is 10.2. The third-order valence-electron chi connectivity index (χ3n) is 3.27. The lowest BCUT2D eigenvalue weighted by molar-refractivity contribution is -0.162. The summed E-state index contributed by atoms with van der Waals surface area (Å²) in [5, 5.41) is 0. The summed E-state index contributed by atoms with van der Waals surface area (Å²) in [6, 6.07) is 0. The predicted octanol–water partition coefficient (Wildman–Crippen LogP) is 3.03. The highest BCUT2D eigenvalue weighted by Crippen LogP contribution is 2.46. The van der Waals surface area contributed by atoms with Crippen molar-refractivity contribution >= 4 is 0 Å². The van der Waals surface area contributed by atoms with E-state index in [4.69, 9.17) is 9.47 Å². The molecule has 1 saturated heterocycles. The molecule has 0 amide bonds. The molecule has 2 atom stereocenters. The van der Waals surface area contributed by atoms with E-state index < -0.39 is 5.79 Å². The molecule has 0 bridgehead atoms. The fourth-order valence-corrected chi connectivity index (χ4v) is 2.84. The lowest BCUT2D eigenvalue weighted by Gasteiger charge is -2.35. The van der Waals surface area contributed by atoms with E-state index in [9.17, 15) is 0 Å². The fraction of sp³-hybridized carbons (Fsp3) is 0.833. The van der Waals surface area contributed by atoms with Crippen LogP contribution in [0, 0.1) is 0 Å². The predicted molar refractivity (Wildman–Crippen MR) is 56.1 cm³/mol. The Morgan fingerprint density at radius 3 is 2.93 bits per heavy atom. The van der Waals surface area contributed by atoms with Gasteiger partial charge in [0.25, 0.3) is 0 Å². The van der Waals surface area contributed by atoms with E-state index in [2.05, 4.69) is 6.58 Å². The Bertz CT molecular complexity index is 234. The molecule has 0 aromatic rings. The molecule has 2 aliphatic rings. The van der Waals surface area contributed by atoms with Crippen molar-refractivity contribution in [3.05, 3.63) is 12.7 Å². The highest BCUT2D eigenvalue weighted by molar-refractivity contribution is 5.02. The maximum atomic E-state index is 6.09. The number of ether oxygens (including phenoxy) is 2. The summed E-state index contributed by atoms with van der Waals surface area (Å²) in [6.07, 6.45) is 7.94. The molecule has 1 aliphatic carbocycles. The lowest BCUT2D eigenvalue weighted by Crippen LogP contribution is -2.42. The van der Waals surface area contributed by atoms with Crippen LogP contribution in [0.3, 0.4) is 0 Å². The molecule has 1 aliphatic heterocycles. The minimum absolute atomic E-state index is 0.0660. The molecule has 0 aromatic heterocycles. The molecule has 0 N–H and O–H groups in total. The van der Waals surface area contributed by atoms with Gasteiger partial charge >= 0.3 is 0 Å². The van der Waals surface area contributed by atoms with Crippen molar-refractivity contribution in [3.8, 4) is 0 Å². The Morgan fingerprint density at radius 2 is 2.21 bits per heavy atom. The lowest BCUT2D eigenvalue weighted by atomic mass is 9.80. The molecule has 2 rings (SSSR count). The van der Waals surface area contributed by atoms with Crippen LogP contribution in [-0.4, -0.2) is 17.5 Å². The average molecular weight is 196 g/mol. The van der Waals surface area contributed by atoms with Crippen molar-refractivity contribution in [2.75, 3.05) is 0 Å². The van der Waals surface area contributed by atoms with Crippen molar-refractivity contribution in [2.24, 2.45) is 0 Å². The van der Waals surface area contributed by atoms with Crippen LogP contribution in [-0.2, 0) is 9.47 Å². The van der Waals surface area contributed by atoms with Gasteiger partial charge in [-0.05, 0) is 33.1 Å². The fourth-order valence-electron chi connectivity index (χ4n) is 2.84. The summed E-state index contributed by atoms with van der Waals surface area (Å²) in [5.41, 5.74) is -0.0660. The second kappa shape index (κ2) is 3.35. The van der Waals surface area contributed by atoms with Gasteiger partial charge in [0, 0.05) is 0 Å². The SMILES string of the molecule is C=CC[C@]12CCCC[C@H]1OC(C)(C)O2. The maximum absolute atomic E-state index is 6.09. The van der Waals surface area contributed by atoms with E-state index in [1.807, 2.05) is 19.9 Å². The molecule has 2 heteroatoms. The third-order valence-corrected chi connectivity index (χ3v) is 3.27. The Morgan fingerprint density at radius 1 is 1.43 bits per heavy atom. The minimum atomic E-state index is -0.405. The molecule has 1 heterocycles. The monoisotopic (exact) mass is 196 g/mol. The van der Waals surface area contributed by atoms with E-state index in [0.29, 0.717) is 0 Å². The summed E-state index contributed by atoms with van der Waals surface area (Å²) in [7, 11) is 0. The van der Waals surface area contributed by atoms with E-state index in [1.165, 1.54) is 12.8 Å². The molecule has 0 spiro atoms. The normalized spacial score (nSPS) is 40.6. The van der Waals surface area contributed by atoms with Crippen molar-refractivity contribution in [3.63, 3.8) is 0 Å². The molecule has 0 unspecified atom stereocenters. The summed E-state index contributed by atoms with van der Waals surface area (Å²) in [5.74, 6) is -0.405. The van der Waals surface area contributed by atoms with Gasteiger partial charge in [-0.1, -0.05) is 18.9 Å². The third kappa shape index (κ3) is 1.61. The molecule has 1 saturated carbocycles. The Balaban J connectivity index is 2.20. The van der Waals surface area contributed by atoms with Crippen LogP contribution < -0.4 is 0 Å². The second-order valence-corrected chi connectivity index (χ2v) is 4.91. The van der Waals surface area contributed by atoms with Crippen LogP contribution in [0.4, 0.5) is 0 Å². The van der Waals surface area contributed by atoms with Crippen molar-refractivity contribution in [1.82, 2.24) is 0 Å². The quantitative estimate of drug-likeness (QED) is 0.632. The molecule has 0 radical (unpaired) electrons. The van der Waals surface area contributed by atoms with Gasteiger partial charge in [0.2, 0.25) is 0 Å². The molecule has 80 valence electrons. The second-order valence-electron chi connectivity index (χ2n) is 4.91. The highest BCUT2D eigenvalue weighted by Gasteiger charge is 2.52. The summed E-state index contributed by atoms with van der Waals surface area (Å²) < 4.78 is 12.0. The number of fused-ring (bicyclic) bond motifs is 1. The smallest absolute Gasteiger partial charge is 0.164 e.